The van der Waals surface area contributed by atoms with Crippen LogP contribution < -0.4 is 20.9 Å². The number of hydrogen-bond acceptors (Lipinski definition) is 6. The number of hydrogen-bond donors (Lipinski definition) is 3. The van der Waals surface area contributed by atoms with Crippen LogP contribution in [-0.4, -0.2) is 31.4 Å². The van der Waals surface area contributed by atoms with Crippen molar-refractivity contribution in [2.75, 3.05) is 17.7 Å². The number of nitrogens with zero attached hydrogens (tertiary/aromatic N) is 4. The highest BCUT2D eigenvalue weighted by atomic mass is 16.5. The standard InChI is InChI=1S/C21H21N7O2/c1-5-13(2)24-14-7-6-8-15(9-14)28-11-16(18-19(21(28)29)23-12-22-18)25-17-10-27(3)26-20(17)30-4/h5-12,24-25H,1-2H2,3-4H3,(H,22,23). The second kappa shape index (κ2) is 7.63. The SMILES string of the molecule is C=CC(=C)Nc1cccc(-n2cc(Nc3cn(C)nc3OC)c3nc[nH]c3c2=O)c1. The summed E-state index contributed by atoms with van der Waals surface area (Å²) in [5.41, 5.74) is 4.11. The molecule has 9 nitrogen and oxygen atoms in total. The van der Waals surface area contributed by atoms with E-state index in [2.05, 4.69) is 38.9 Å². The molecule has 0 atom stereocenters. The number of aryl methyl sites for hydroxylation is 1. The predicted octanol–water partition coefficient (Wildman–Crippen LogP) is 3.31. The normalized spacial score (nSPS) is 10.7. The second-order valence-electron chi connectivity index (χ2n) is 6.60. The molecule has 0 unspecified atom stereocenters. The maximum Gasteiger partial charge on any atom is 0.281 e. The molecular formula is C21H21N7O2. The number of rotatable bonds is 7. The molecule has 4 rings (SSSR count). The number of pyridine rings is 1. The van der Waals surface area contributed by atoms with E-state index in [1.165, 1.54) is 6.33 Å². The highest BCUT2D eigenvalue weighted by Gasteiger charge is 2.16. The molecule has 0 aliphatic rings. The van der Waals surface area contributed by atoms with Crippen LogP contribution in [0.3, 0.4) is 0 Å². The van der Waals surface area contributed by atoms with E-state index in [-0.39, 0.29) is 5.56 Å². The van der Waals surface area contributed by atoms with Gasteiger partial charge in [-0.3, -0.25) is 14.0 Å². The van der Waals surface area contributed by atoms with Gasteiger partial charge in [-0.05, 0) is 24.3 Å². The Labute approximate surface area is 172 Å². The average molecular weight is 403 g/mol. The minimum absolute atomic E-state index is 0.217. The van der Waals surface area contributed by atoms with Crippen LogP contribution in [0.4, 0.5) is 17.1 Å². The Morgan fingerprint density at radius 2 is 2.13 bits per heavy atom. The Morgan fingerprint density at radius 1 is 1.30 bits per heavy atom. The number of imidazole rings is 1. The first-order chi connectivity index (χ1) is 14.5. The maximum absolute atomic E-state index is 13.1. The summed E-state index contributed by atoms with van der Waals surface area (Å²) < 4.78 is 8.51. The molecule has 0 radical (unpaired) electrons. The molecule has 0 bridgehead atoms. The van der Waals surface area contributed by atoms with Crippen LogP contribution in [0.25, 0.3) is 16.7 Å². The number of nitrogens with one attached hydrogen (secondary N) is 3. The molecule has 152 valence electrons. The van der Waals surface area contributed by atoms with E-state index < -0.39 is 0 Å². The highest BCUT2D eigenvalue weighted by Crippen LogP contribution is 2.29. The molecule has 4 aromatic rings. The van der Waals surface area contributed by atoms with Crippen molar-refractivity contribution in [3.63, 3.8) is 0 Å². The summed E-state index contributed by atoms with van der Waals surface area (Å²) >= 11 is 0. The third kappa shape index (κ3) is 3.44. The number of methoxy groups -OCH3 is 1. The van der Waals surface area contributed by atoms with Crippen molar-refractivity contribution in [2.45, 2.75) is 0 Å². The molecule has 1 aromatic carbocycles. The summed E-state index contributed by atoms with van der Waals surface area (Å²) in [7, 11) is 3.35. The molecule has 0 saturated carbocycles. The van der Waals surface area contributed by atoms with Crippen molar-refractivity contribution in [2.24, 2.45) is 7.05 Å². The number of anilines is 3. The van der Waals surface area contributed by atoms with Crippen LogP contribution in [0.5, 0.6) is 5.88 Å². The van der Waals surface area contributed by atoms with Crippen molar-refractivity contribution in [1.29, 1.82) is 0 Å². The van der Waals surface area contributed by atoms with Gasteiger partial charge in [0.15, 0.2) is 0 Å². The topological polar surface area (TPSA) is 102 Å². The van der Waals surface area contributed by atoms with Crippen LogP contribution in [0.1, 0.15) is 0 Å². The number of aromatic amines is 1. The zero-order valence-electron chi connectivity index (χ0n) is 16.6. The molecule has 0 spiro atoms. The Kier molecular flexibility index (Phi) is 4.85. The smallest absolute Gasteiger partial charge is 0.281 e. The molecule has 0 aliphatic carbocycles. The van der Waals surface area contributed by atoms with Crippen LogP contribution in [0.2, 0.25) is 0 Å². The van der Waals surface area contributed by atoms with Gasteiger partial charge in [0.2, 0.25) is 0 Å². The van der Waals surface area contributed by atoms with Crippen molar-refractivity contribution in [3.05, 3.63) is 78.3 Å². The van der Waals surface area contributed by atoms with Crippen LogP contribution in [0.15, 0.2) is 72.7 Å². The monoisotopic (exact) mass is 403 g/mol. The van der Waals surface area contributed by atoms with E-state index in [4.69, 9.17) is 4.74 Å². The van der Waals surface area contributed by atoms with Crippen LogP contribution in [0, 0.1) is 0 Å². The Morgan fingerprint density at radius 3 is 2.90 bits per heavy atom. The fraction of sp³-hybridized carbons (Fsp3) is 0.0952. The lowest BCUT2D eigenvalue weighted by molar-refractivity contribution is 0.393. The van der Waals surface area contributed by atoms with Gasteiger partial charge in [0.1, 0.15) is 16.7 Å². The van der Waals surface area contributed by atoms with Gasteiger partial charge in [0, 0.05) is 24.6 Å². The maximum atomic E-state index is 13.1. The molecule has 3 N–H and O–H groups in total. The van der Waals surface area contributed by atoms with Crippen molar-refractivity contribution < 1.29 is 4.74 Å². The predicted molar refractivity (Wildman–Crippen MR) is 118 cm³/mol. The lowest BCUT2D eigenvalue weighted by atomic mass is 10.2. The molecule has 3 aromatic heterocycles. The fourth-order valence-electron chi connectivity index (χ4n) is 3.13. The molecular weight excluding hydrogens is 382 g/mol. The fourth-order valence-corrected chi connectivity index (χ4v) is 3.13. The first-order valence-corrected chi connectivity index (χ1v) is 9.12. The largest absolute Gasteiger partial charge is 0.478 e. The minimum Gasteiger partial charge on any atom is -0.478 e. The summed E-state index contributed by atoms with van der Waals surface area (Å²) in [5.74, 6) is 0.438. The third-order valence-corrected chi connectivity index (χ3v) is 4.52. The van der Waals surface area contributed by atoms with Gasteiger partial charge in [0.25, 0.3) is 11.4 Å². The van der Waals surface area contributed by atoms with Gasteiger partial charge >= 0.3 is 0 Å². The van der Waals surface area contributed by atoms with E-state index in [1.807, 2.05) is 24.3 Å². The minimum atomic E-state index is -0.217. The Bertz CT molecular complexity index is 1310. The Balaban J connectivity index is 1.83. The average Bonchev–Trinajstić information content (AvgIpc) is 3.37. The van der Waals surface area contributed by atoms with Crippen LogP contribution >= 0.6 is 0 Å². The first kappa shape index (κ1) is 19.1. The number of ether oxygens (including phenoxy) is 1. The molecule has 0 fully saturated rings. The van der Waals surface area contributed by atoms with E-state index in [1.54, 1.807) is 41.9 Å². The van der Waals surface area contributed by atoms with Crippen molar-refractivity contribution in [3.8, 4) is 11.6 Å². The van der Waals surface area contributed by atoms with Crippen molar-refractivity contribution in [1.82, 2.24) is 24.3 Å². The van der Waals surface area contributed by atoms with Crippen LogP contribution in [-0.2, 0) is 7.05 Å². The summed E-state index contributed by atoms with van der Waals surface area (Å²) in [6, 6.07) is 7.44. The van der Waals surface area contributed by atoms with Crippen molar-refractivity contribution >= 4 is 28.1 Å². The van der Waals surface area contributed by atoms with Gasteiger partial charge < -0.3 is 20.4 Å². The number of allylic oxidation sites excluding steroid dienone is 1. The number of benzene rings is 1. The summed E-state index contributed by atoms with van der Waals surface area (Å²) in [4.78, 5) is 20.3. The molecule has 0 saturated heterocycles. The second-order valence-corrected chi connectivity index (χ2v) is 6.60. The zero-order valence-corrected chi connectivity index (χ0v) is 16.6. The molecule has 0 amide bonds. The molecule has 3 heterocycles. The van der Waals surface area contributed by atoms with Gasteiger partial charge in [-0.25, -0.2) is 4.98 Å². The molecule has 0 aliphatic heterocycles. The van der Waals surface area contributed by atoms with Gasteiger partial charge in [-0.2, -0.15) is 0 Å². The highest BCUT2D eigenvalue weighted by molar-refractivity contribution is 5.89. The van der Waals surface area contributed by atoms with E-state index in [9.17, 15) is 4.79 Å². The third-order valence-electron chi connectivity index (χ3n) is 4.52. The Hall–Kier alpha value is -4.27. The molecule has 9 heteroatoms. The summed E-state index contributed by atoms with van der Waals surface area (Å²) in [6.07, 6.45) is 6.62. The molecule has 30 heavy (non-hydrogen) atoms. The summed E-state index contributed by atoms with van der Waals surface area (Å²) in [6.45, 7) is 7.55. The van der Waals surface area contributed by atoms with Gasteiger partial charge in [-0.1, -0.05) is 19.2 Å². The first-order valence-electron chi connectivity index (χ1n) is 9.12. The van der Waals surface area contributed by atoms with Gasteiger partial charge in [-0.15, -0.1) is 5.10 Å². The number of H-pyrrole nitrogens is 1. The summed E-state index contributed by atoms with van der Waals surface area (Å²) in [5, 5.41) is 10.7. The number of aromatic nitrogens is 5. The zero-order chi connectivity index (χ0) is 21.3. The lowest BCUT2D eigenvalue weighted by Gasteiger charge is -2.13. The van der Waals surface area contributed by atoms with E-state index in [0.29, 0.717) is 39.7 Å². The quantitative estimate of drug-likeness (QED) is 0.409. The van der Waals surface area contributed by atoms with Gasteiger partial charge in [0.05, 0.1) is 31.0 Å². The van der Waals surface area contributed by atoms with E-state index >= 15 is 0 Å². The van der Waals surface area contributed by atoms with E-state index in [0.717, 1.165) is 5.69 Å². The lowest BCUT2D eigenvalue weighted by Crippen LogP contribution is -2.19. The number of fused-ring (bicyclic) bond motifs is 1.